The summed E-state index contributed by atoms with van der Waals surface area (Å²) in [6.45, 7) is 2.73. The van der Waals surface area contributed by atoms with E-state index < -0.39 is 0 Å². The van der Waals surface area contributed by atoms with Crippen LogP contribution < -0.4 is 4.74 Å². The van der Waals surface area contributed by atoms with Crippen molar-refractivity contribution in [3.8, 4) is 23.0 Å². The average Bonchev–Trinajstić information content (AvgIpc) is 2.58. The van der Waals surface area contributed by atoms with Crippen LogP contribution in [0.5, 0.6) is 23.0 Å². The van der Waals surface area contributed by atoms with Gasteiger partial charge in [-0.1, -0.05) is 0 Å². The van der Waals surface area contributed by atoms with Crippen LogP contribution in [0.4, 0.5) is 0 Å². The Morgan fingerprint density at radius 3 is 0.829 bits per heavy atom. The first-order valence-corrected chi connectivity index (χ1v) is 12.2. The largest absolute Gasteiger partial charge is 0.507 e. The second-order valence-electron chi connectivity index (χ2n) is 14.1. The second kappa shape index (κ2) is 9.97. The maximum Gasteiger partial charge on any atom is 0.133 e. The van der Waals surface area contributed by atoms with Crippen molar-refractivity contribution in [2.45, 2.75) is 26.2 Å². The number of rotatable bonds is 10. The highest BCUT2D eigenvalue weighted by Crippen LogP contribution is 2.37. The normalized spacial score (nSPS) is 13.3. The quantitative estimate of drug-likeness (QED) is 0.499. The molecule has 35 heavy (non-hydrogen) atoms. The summed E-state index contributed by atoms with van der Waals surface area (Å²) in [6, 6.07) is 7.79. The van der Waals surface area contributed by atoms with Crippen LogP contribution in [0, 0.1) is 0 Å². The summed E-state index contributed by atoms with van der Waals surface area (Å²) in [5.41, 5.74) is 3.48. The van der Waals surface area contributed by atoms with Crippen LogP contribution in [0.15, 0.2) is 24.3 Å². The molecule has 0 heterocycles. The third-order valence-corrected chi connectivity index (χ3v) is 5.30. The number of aromatic hydroxyl groups is 2. The van der Waals surface area contributed by atoms with Gasteiger partial charge in [-0.3, -0.25) is 0 Å². The van der Waals surface area contributed by atoms with Crippen molar-refractivity contribution in [2.75, 3.05) is 84.6 Å². The fourth-order valence-corrected chi connectivity index (χ4v) is 4.24. The van der Waals surface area contributed by atoms with Gasteiger partial charge in [0, 0.05) is 0 Å². The van der Waals surface area contributed by atoms with Gasteiger partial charge in [-0.05, 0) is 24.3 Å². The van der Waals surface area contributed by atoms with Crippen molar-refractivity contribution in [3.05, 3.63) is 46.5 Å². The van der Waals surface area contributed by atoms with E-state index in [1.165, 1.54) is 0 Å². The van der Waals surface area contributed by atoms with Gasteiger partial charge in [-0.15, -0.1) is 0 Å². The van der Waals surface area contributed by atoms with E-state index in [-0.39, 0.29) is 0 Å². The molecule has 0 aliphatic heterocycles. The lowest BCUT2D eigenvalue weighted by Crippen LogP contribution is -2.34. The molecule has 0 spiro atoms. The molecule has 0 radical (unpaired) electrons. The molecule has 196 valence electrons. The first-order chi connectivity index (χ1) is 15.6. The van der Waals surface area contributed by atoms with Gasteiger partial charge in [0.2, 0.25) is 0 Å². The number of phenols is 2. The fraction of sp³-hybridized carbons (Fsp3) is 0.571. The Bertz CT molecular complexity index is 879. The van der Waals surface area contributed by atoms with Gasteiger partial charge in [0.15, 0.2) is 0 Å². The smallest absolute Gasteiger partial charge is 0.133 e. The first kappa shape index (κ1) is 28.9. The van der Waals surface area contributed by atoms with Crippen molar-refractivity contribution in [2.24, 2.45) is 0 Å². The number of hydrogen-bond donors (Lipinski definition) is 2. The monoisotopic (exact) mass is 490 g/mol. The van der Waals surface area contributed by atoms with Gasteiger partial charge < -0.3 is 32.9 Å². The highest BCUT2D eigenvalue weighted by molar-refractivity contribution is 5.50. The summed E-state index contributed by atoms with van der Waals surface area (Å²) in [7, 11) is 25.3. The minimum Gasteiger partial charge on any atom is -0.507 e. The predicted octanol–water partition coefficient (Wildman–Crippen LogP) is 3.71. The van der Waals surface area contributed by atoms with Crippen LogP contribution in [0.2, 0.25) is 0 Å². The molecule has 0 saturated heterocycles. The van der Waals surface area contributed by atoms with Crippen molar-refractivity contribution < 1.29 is 32.9 Å². The fourth-order valence-electron chi connectivity index (χ4n) is 4.24. The van der Waals surface area contributed by atoms with Gasteiger partial charge in [-0.25, -0.2) is 0 Å². The molecule has 0 atom stereocenters. The third-order valence-electron chi connectivity index (χ3n) is 5.30. The van der Waals surface area contributed by atoms with Crippen LogP contribution in [0.25, 0.3) is 0 Å². The lowest BCUT2D eigenvalue weighted by atomic mass is 10.0. The predicted molar refractivity (Wildman–Crippen MR) is 143 cm³/mol. The van der Waals surface area contributed by atoms with Crippen LogP contribution >= 0.6 is 0 Å². The Kier molecular flexibility index (Phi) is 8.24. The SMILES string of the molecule is C[N+](C)(C)Cc1cc(Oc2cc(C[N+](C)(C)C)c(O)c(C[N+](C)(C)C)c2)cc(C[N+](C)(C)C)c1O. The molecule has 0 aliphatic carbocycles. The minimum atomic E-state index is 0.348. The first-order valence-electron chi connectivity index (χ1n) is 12.2. The standard InChI is InChI=1S/C28H48N4O3/c1-29(2,3)17-21-13-25(14-22(27(21)33)18-30(4,5)6)35-26-15-23(19-31(7,8)9)28(34)24(16-26)20-32(10,11)12/h13-16H,17-20H2,1-12H3/q+2/p+2. The zero-order valence-corrected chi connectivity index (χ0v) is 24.2. The summed E-state index contributed by atoms with van der Waals surface area (Å²) in [5, 5.41) is 22.1. The number of benzene rings is 2. The molecule has 2 aromatic rings. The molecule has 2 N–H and O–H groups in total. The van der Waals surface area contributed by atoms with E-state index in [1.54, 1.807) is 0 Å². The number of phenolic OH excluding ortho intramolecular Hbond substituents is 2. The topological polar surface area (TPSA) is 49.7 Å². The van der Waals surface area contributed by atoms with Gasteiger partial charge in [-0.2, -0.15) is 0 Å². The molecular formula is C28H50N4O3+4. The molecular weight excluding hydrogens is 440 g/mol. The highest BCUT2D eigenvalue weighted by Gasteiger charge is 2.23. The van der Waals surface area contributed by atoms with E-state index in [0.717, 1.165) is 22.3 Å². The molecule has 2 aromatic carbocycles. The molecule has 7 nitrogen and oxygen atoms in total. The van der Waals surface area contributed by atoms with Gasteiger partial charge in [0.25, 0.3) is 0 Å². The van der Waals surface area contributed by atoms with E-state index in [4.69, 9.17) is 4.74 Å². The zero-order valence-electron chi connectivity index (χ0n) is 24.2. The maximum atomic E-state index is 11.1. The van der Waals surface area contributed by atoms with Crippen molar-refractivity contribution in [1.82, 2.24) is 0 Å². The Morgan fingerprint density at radius 2 is 0.657 bits per heavy atom. The Balaban J connectivity index is 2.60. The van der Waals surface area contributed by atoms with Crippen LogP contribution in [-0.4, -0.2) is 113 Å². The van der Waals surface area contributed by atoms with Crippen molar-refractivity contribution in [3.63, 3.8) is 0 Å². The summed E-state index contributed by atoms with van der Waals surface area (Å²) >= 11 is 0. The van der Waals surface area contributed by atoms with Crippen LogP contribution in [-0.2, 0) is 26.2 Å². The highest BCUT2D eigenvalue weighted by atomic mass is 16.5. The summed E-state index contributed by atoms with van der Waals surface area (Å²) in [6.07, 6.45) is 0. The van der Waals surface area contributed by atoms with E-state index in [1.807, 2.05) is 24.3 Å². The molecule has 0 bridgehead atoms. The van der Waals surface area contributed by atoms with Gasteiger partial charge in [0.1, 0.15) is 49.2 Å². The van der Waals surface area contributed by atoms with E-state index in [0.29, 0.717) is 67.1 Å². The molecule has 0 unspecified atom stereocenters. The van der Waals surface area contributed by atoms with E-state index >= 15 is 0 Å². The maximum absolute atomic E-state index is 11.1. The van der Waals surface area contributed by atoms with Crippen LogP contribution in [0.3, 0.4) is 0 Å². The number of ether oxygens (including phenoxy) is 1. The summed E-state index contributed by atoms with van der Waals surface area (Å²) in [5.74, 6) is 2.10. The van der Waals surface area contributed by atoms with E-state index in [9.17, 15) is 10.2 Å². The molecule has 2 rings (SSSR count). The molecule has 0 amide bonds. The molecule has 0 aromatic heterocycles. The second-order valence-corrected chi connectivity index (χ2v) is 14.1. The molecule has 7 heteroatoms. The number of hydrogen-bond acceptors (Lipinski definition) is 3. The van der Waals surface area contributed by atoms with Gasteiger partial charge >= 0.3 is 0 Å². The molecule has 0 fully saturated rings. The zero-order chi connectivity index (χ0) is 27.0. The Morgan fingerprint density at radius 1 is 0.457 bits per heavy atom. The van der Waals surface area contributed by atoms with Gasteiger partial charge in [0.05, 0.1) is 107 Å². The third kappa shape index (κ3) is 9.68. The molecule has 0 aliphatic rings. The van der Waals surface area contributed by atoms with E-state index in [2.05, 4.69) is 84.6 Å². The minimum absolute atomic E-state index is 0.348. The Hall–Kier alpha value is -2.32. The Labute approximate surface area is 213 Å². The van der Waals surface area contributed by atoms with Crippen molar-refractivity contribution in [1.29, 1.82) is 0 Å². The average molecular weight is 491 g/mol. The van der Waals surface area contributed by atoms with Crippen LogP contribution in [0.1, 0.15) is 22.3 Å². The lowest BCUT2D eigenvalue weighted by Gasteiger charge is -2.28. The summed E-state index contributed by atoms with van der Waals surface area (Å²) < 4.78 is 9.24. The summed E-state index contributed by atoms with van der Waals surface area (Å²) in [4.78, 5) is 0. The lowest BCUT2D eigenvalue weighted by molar-refractivity contribution is -0.884. The van der Waals surface area contributed by atoms with Crippen molar-refractivity contribution >= 4 is 0 Å². The number of quaternary nitrogens is 4. The number of nitrogens with zero attached hydrogens (tertiary/aromatic N) is 4. The molecule has 0 saturated carbocycles.